The maximum Gasteiger partial charge on any atom is 0.222 e. The monoisotopic (exact) mass is 422 g/mol. The van der Waals surface area contributed by atoms with Gasteiger partial charge in [0.1, 0.15) is 0 Å². The summed E-state index contributed by atoms with van der Waals surface area (Å²) in [5.41, 5.74) is 0. The van der Waals surface area contributed by atoms with Crippen molar-refractivity contribution in [3.63, 3.8) is 0 Å². The minimum Gasteiger partial charge on any atom is -0.338 e. The number of carbonyl (C=O) groups is 1. The van der Waals surface area contributed by atoms with Gasteiger partial charge in [-0.25, -0.2) is 0 Å². The lowest BCUT2D eigenvalue weighted by Gasteiger charge is -2.24. The minimum absolute atomic E-state index is 0. The van der Waals surface area contributed by atoms with E-state index in [-0.39, 0.29) is 18.3 Å². The highest BCUT2D eigenvalue weighted by Crippen LogP contribution is 2.19. The van der Waals surface area contributed by atoms with Crippen LogP contribution in [0.15, 0.2) is 33.6 Å². The molecule has 1 aromatic rings. The summed E-state index contributed by atoms with van der Waals surface area (Å²) in [6.45, 7) is 1.72. The molecule has 0 radical (unpaired) electrons. The second kappa shape index (κ2) is 10.4. The number of hydrogen-bond donors (Lipinski definition) is 1. The van der Waals surface area contributed by atoms with Gasteiger partial charge >= 0.3 is 0 Å². The lowest BCUT2D eigenvalue weighted by molar-refractivity contribution is -0.131. The zero-order valence-electron chi connectivity index (χ0n) is 13.3. The van der Waals surface area contributed by atoms with Gasteiger partial charge in [-0.3, -0.25) is 9.00 Å². The maximum atomic E-state index is 12.3. The molecule has 1 heterocycles. The van der Waals surface area contributed by atoms with Crippen LogP contribution in [0.1, 0.15) is 25.7 Å². The smallest absolute Gasteiger partial charge is 0.222 e. The Balaban J connectivity index is 0.00000264. The zero-order chi connectivity index (χ0) is 15.9. The van der Waals surface area contributed by atoms with E-state index in [0.717, 1.165) is 35.3 Å². The summed E-state index contributed by atoms with van der Waals surface area (Å²) in [5, 5.41) is 3.15. The van der Waals surface area contributed by atoms with Crippen molar-refractivity contribution in [2.45, 2.75) is 36.6 Å². The zero-order valence-corrected chi connectivity index (χ0v) is 16.5. The Morgan fingerprint density at radius 3 is 2.74 bits per heavy atom. The Morgan fingerprint density at radius 2 is 2.09 bits per heavy atom. The van der Waals surface area contributed by atoms with Gasteiger partial charge in [0.25, 0.3) is 0 Å². The third-order valence-electron chi connectivity index (χ3n) is 3.93. The average molecular weight is 424 g/mol. The lowest BCUT2D eigenvalue weighted by Crippen LogP contribution is -2.40. The van der Waals surface area contributed by atoms with Crippen LogP contribution < -0.4 is 5.32 Å². The molecule has 2 atom stereocenters. The number of rotatable bonds is 7. The van der Waals surface area contributed by atoms with Crippen molar-refractivity contribution < 1.29 is 9.00 Å². The van der Waals surface area contributed by atoms with Crippen molar-refractivity contribution in [3.05, 3.63) is 28.7 Å². The SMILES string of the molecule is CNCC1CCCN1C(=O)CCCS(=O)c1ccc(Br)cc1.Cl. The molecule has 4 nitrogen and oxygen atoms in total. The molecule has 0 saturated carbocycles. The number of nitrogens with one attached hydrogen (secondary N) is 1. The Hall–Kier alpha value is -0.430. The molecule has 23 heavy (non-hydrogen) atoms. The molecule has 0 spiro atoms. The van der Waals surface area contributed by atoms with Crippen LogP contribution in [-0.2, 0) is 15.6 Å². The van der Waals surface area contributed by atoms with Gasteiger partial charge < -0.3 is 10.2 Å². The number of halogens is 2. The molecular formula is C16H24BrClN2O2S. The quantitative estimate of drug-likeness (QED) is 0.733. The number of likely N-dealkylation sites (N-methyl/N-ethyl adjacent to an activating group) is 1. The van der Waals surface area contributed by atoms with Crippen molar-refractivity contribution in [1.29, 1.82) is 0 Å². The molecule has 1 saturated heterocycles. The van der Waals surface area contributed by atoms with Crippen LogP contribution in [0.3, 0.4) is 0 Å². The molecule has 0 aliphatic carbocycles. The van der Waals surface area contributed by atoms with Crippen molar-refractivity contribution in [1.82, 2.24) is 10.2 Å². The van der Waals surface area contributed by atoms with Crippen molar-refractivity contribution in [2.24, 2.45) is 0 Å². The van der Waals surface area contributed by atoms with Gasteiger partial charge in [-0.2, -0.15) is 0 Å². The van der Waals surface area contributed by atoms with Crippen LogP contribution in [0.2, 0.25) is 0 Å². The summed E-state index contributed by atoms with van der Waals surface area (Å²) in [6, 6.07) is 7.85. The van der Waals surface area contributed by atoms with Crippen LogP contribution in [-0.4, -0.2) is 46.9 Å². The van der Waals surface area contributed by atoms with E-state index in [9.17, 15) is 9.00 Å². The van der Waals surface area contributed by atoms with E-state index < -0.39 is 10.8 Å². The second-order valence-electron chi connectivity index (χ2n) is 5.55. The number of likely N-dealkylation sites (tertiary alicyclic amines) is 1. The number of carbonyl (C=O) groups excluding carboxylic acids is 1. The molecule has 1 fully saturated rings. The first-order valence-electron chi connectivity index (χ1n) is 7.70. The summed E-state index contributed by atoms with van der Waals surface area (Å²) in [7, 11) is 0.893. The standard InChI is InChI=1S/C16H23BrN2O2S.ClH/c1-18-12-14-4-2-10-19(14)16(20)5-3-11-22(21)15-8-6-13(17)7-9-15;/h6-9,14,18H,2-5,10-12H2,1H3;1H. The number of hydrogen-bond acceptors (Lipinski definition) is 3. The Kier molecular flexibility index (Phi) is 9.36. The van der Waals surface area contributed by atoms with Crippen LogP contribution >= 0.6 is 28.3 Å². The van der Waals surface area contributed by atoms with Gasteiger partial charge in [-0.15, -0.1) is 12.4 Å². The van der Waals surface area contributed by atoms with Gasteiger partial charge in [-0.1, -0.05) is 15.9 Å². The predicted molar refractivity (Wildman–Crippen MR) is 101 cm³/mol. The molecule has 130 valence electrons. The number of amides is 1. The van der Waals surface area contributed by atoms with Crippen LogP contribution in [0.4, 0.5) is 0 Å². The number of nitrogens with zero attached hydrogens (tertiary/aromatic N) is 1. The summed E-state index contributed by atoms with van der Waals surface area (Å²) >= 11 is 3.37. The van der Waals surface area contributed by atoms with Crippen LogP contribution in [0.5, 0.6) is 0 Å². The van der Waals surface area contributed by atoms with Gasteiger partial charge in [0.2, 0.25) is 5.91 Å². The first-order chi connectivity index (χ1) is 10.6. The van der Waals surface area contributed by atoms with Gasteiger partial charge in [-0.05, 0) is 50.6 Å². The van der Waals surface area contributed by atoms with E-state index >= 15 is 0 Å². The summed E-state index contributed by atoms with van der Waals surface area (Å²) in [5.74, 6) is 0.739. The Morgan fingerprint density at radius 1 is 1.39 bits per heavy atom. The van der Waals surface area contributed by atoms with Crippen LogP contribution in [0, 0.1) is 0 Å². The Bertz CT molecular complexity index is 527. The molecule has 1 aliphatic heterocycles. The lowest BCUT2D eigenvalue weighted by atomic mass is 10.2. The fraction of sp³-hybridized carbons (Fsp3) is 0.562. The van der Waals surface area contributed by atoms with Gasteiger partial charge in [0.15, 0.2) is 0 Å². The minimum atomic E-state index is -1.03. The number of benzene rings is 1. The van der Waals surface area contributed by atoms with Crippen molar-refractivity contribution in [3.8, 4) is 0 Å². The van der Waals surface area contributed by atoms with E-state index in [4.69, 9.17) is 0 Å². The summed E-state index contributed by atoms with van der Waals surface area (Å²) < 4.78 is 13.2. The first kappa shape index (κ1) is 20.6. The molecular weight excluding hydrogens is 400 g/mol. The van der Waals surface area contributed by atoms with Crippen molar-refractivity contribution >= 4 is 45.0 Å². The molecule has 2 rings (SSSR count). The maximum absolute atomic E-state index is 12.3. The largest absolute Gasteiger partial charge is 0.338 e. The molecule has 2 unspecified atom stereocenters. The van der Waals surface area contributed by atoms with Crippen LogP contribution in [0.25, 0.3) is 0 Å². The highest BCUT2D eigenvalue weighted by molar-refractivity contribution is 9.10. The van der Waals surface area contributed by atoms with Crippen molar-refractivity contribution in [2.75, 3.05) is 25.9 Å². The third-order valence-corrected chi connectivity index (χ3v) is 5.92. The molecule has 1 aromatic carbocycles. The summed E-state index contributed by atoms with van der Waals surface area (Å²) in [6.07, 6.45) is 3.33. The molecule has 7 heteroatoms. The summed E-state index contributed by atoms with van der Waals surface area (Å²) in [4.78, 5) is 15.1. The van der Waals surface area contributed by atoms with E-state index in [1.54, 1.807) is 0 Å². The topological polar surface area (TPSA) is 49.4 Å². The highest BCUT2D eigenvalue weighted by atomic mass is 79.9. The van der Waals surface area contributed by atoms with E-state index in [0.29, 0.717) is 24.6 Å². The average Bonchev–Trinajstić information content (AvgIpc) is 2.96. The first-order valence-corrected chi connectivity index (χ1v) is 9.81. The second-order valence-corrected chi connectivity index (χ2v) is 8.03. The molecule has 1 amide bonds. The highest BCUT2D eigenvalue weighted by Gasteiger charge is 2.27. The molecule has 0 aromatic heterocycles. The normalized spacial score (nSPS) is 18.5. The van der Waals surface area contributed by atoms with Gasteiger partial charge in [0, 0.05) is 40.7 Å². The van der Waals surface area contributed by atoms with Gasteiger partial charge in [0.05, 0.1) is 10.8 Å². The predicted octanol–water partition coefficient (Wildman–Crippen LogP) is 2.97. The third kappa shape index (κ3) is 6.18. The van der Waals surface area contributed by atoms with E-state index in [2.05, 4.69) is 21.2 Å². The molecule has 1 N–H and O–H groups in total. The fourth-order valence-electron chi connectivity index (χ4n) is 2.81. The van der Waals surface area contributed by atoms with E-state index in [1.165, 1.54) is 0 Å². The molecule has 1 aliphatic rings. The van der Waals surface area contributed by atoms with E-state index in [1.807, 2.05) is 36.2 Å². The Labute approximate surface area is 155 Å². The molecule has 0 bridgehead atoms. The fourth-order valence-corrected chi connectivity index (χ4v) is 4.16.